The summed E-state index contributed by atoms with van der Waals surface area (Å²) in [4.78, 5) is 10.1. The van der Waals surface area contributed by atoms with Crippen molar-refractivity contribution in [3.63, 3.8) is 0 Å². The Labute approximate surface area is 51.4 Å². The predicted octanol–water partition coefficient (Wildman–Crippen LogP) is -0.306. The van der Waals surface area contributed by atoms with Crippen LogP contribution in [0.4, 0.5) is 0 Å². The number of aliphatic carboxylic acids is 1. The molecule has 0 aromatic heterocycles. The fourth-order valence-corrected chi connectivity index (χ4v) is 0.364. The minimum Gasteiger partial charge on any atom is -0.479 e. The van der Waals surface area contributed by atoms with E-state index in [2.05, 4.69) is 4.74 Å². The van der Waals surface area contributed by atoms with Gasteiger partial charge in [-0.15, -0.1) is 0 Å². The van der Waals surface area contributed by atoms with Crippen LogP contribution in [0.15, 0.2) is 12.0 Å². The van der Waals surface area contributed by atoms with Gasteiger partial charge in [-0.1, -0.05) is 0 Å². The first kappa shape index (κ1) is 6.10. The number of hydrogen-bond donors (Lipinski definition) is 2. The number of carboxylic acids is 1. The number of carboxylic acid groups (broad SMARTS) is 1. The minimum absolute atomic E-state index is 0.106. The average molecular weight is 130 g/mol. The Bertz CT molecular complexity index is 175. The predicted molar refractivity (Wildman–Crippen MR) is 27.4 cm³/mol. The third-order valence-corrected chi connectivity index (χ3v) is 1.13. The second-order valence-corrected chi connectivity index (χ2v) is 1.98. The van der Waals surface area contributed by atoms with Gasteiger partial charge in [0.1, 0.15) is 6.26 Å². The summed E-state index contributed by atoms with van der Waals surface area (Å²) in [6, 6.07) is 0. The first-order valence-corrected chi connectivity index (χ1v) is 2.38. The summed E-state index contributed by atoms with van der Waals surface area (Å²) < 4.78 is 4.40. The summed E-state index contributed by atoms with van der Waals surface area (Å²) in [5, 5.41) is 17.2. The van der Waals surface area contributed by atoms with Gasteiger partial charge in [-0.25, -0.2) is 4.79 Å². The molecule has 9 heavy (non-hydrogen) atoms. The molecule has 0 aromatic carbocycles. The number of carbonyl (C=O) groups is 1. The SMILES string of the molecule is CC(O)(C(=O)O)C1=CO1. The van der Waals surface area contributed by atoms with Gasteiger partial charge in [-0.05, 0) is 6.92 Å². The van der Waals surface area contributed by atoms with Crippen LogP contribution in [0, 0.1) is 0 Å². The smallest absolute Gasteiger partial charge is 0.343 e. The van der Waals surface area contributed by atoms with Crippen molar-refractivity contribution in [3.05, 3.63) is 12.0 Å². The molecule has 0 saturated carbocycles. The summed E-state index contributed by atoms with van der Waals surface area (Å²) >= 11 is 0. The fourth-order valence-electron chi connectivity index (χ4n) is 0.364. The highest BCUT2D eigenvalue weighted by molar-refractivity contribution is 5.80. The van der Waals surface area contributed by atoms with Crippen LogP contribution in [-0.2, 0) is 9.53 Å². The lowest BCUT2D eigenvalue weighted by molar-refractivity contribution is -0.153. The second-order valence-electron chi connectivity index (χ2n) is 1.98. The summed E-state index contributed by atoms with van der Waals surface area (Å²) in [6.07, 6.45) is 1.20. The van der Waals surface area contributed by atoms with Crippen molar-refractivity contribution in [1.82, 2.24) is 0 Å². The maximum atomic E-state index is 10.1. The van der Waals surface area contributed by atoms with Crippen molar-refractivity contribution < 1.29 is 19.7 Å². The fraction of sp³-hybridized carbons (Fsp3) is 0.400. The molecule has 0 aliphatic carbocycles. The molecule has 2 N–H and O–H groups in total. The Kier molecular flexibility index (Phi) is 1.00. The largest absolute Gasteiger partial charge is 0.479 e. The molecule has 0 radical (unpaired) electrons. The van der Waals surface area contributed by atoms with Crippen LogP contribution in [0.5, 0.6) is 0 Å². The van der Waals surface area contributed by atoms with Gasteiger partial charge in [0.2, 0.25) is 5.60 Å². The molecule has 0 amide bonds. The van der Waals surface area contributed by atoms with Crippen molar-refractivity contribution in [3.8, 4) is 0 Å². The molecule has 4 nitrogen and oxygen atoms in total. The topological polar surface area (TPSA) is 70.1 Å². The van der Waals surface area contributed by atoms with Crippen LogP contribution in [0.25, 0.3) is 0 Å². The lowest BCUT2D eigenvalue weighted by atomic mass is 10.1. The molecule has 0 bridgehead atoms. The zero-order chi connectivity index (χ0) is 7.07. The summed E-state index contributed by atoms with van der Waals surface area (Å²) in [5.41, 5.74) is -1.83. The molecule has 1 aliphatic heterocycles. The highest BCUT2D eigenvalue weighted by Crippen LogP contribution is 2.27. The van der Waals surface area contributed by atoms with Gasteiger partial charge in [0.15, 0.2) is 5.76 Å². The Morgan fingerprint density at radius 3 is 2.44 bits per heavy atom. The molecular formula is C5H6O4. The molecule has 0 aromatic rings. The van der Waals surface area contributed by atoms with E-state index in [9.17, 15) is 4.79 Å². The second kappa shape index (κ2) is 1.48. The van der Waals surface area contributed by atoms with Gasteiger partial charge in [-0.2, -0.15) is 0 Å². The van der Waals surface area contributed by atoms with E-state index in [0.717, 1.165) is 6.92 Å². The molecule has 0 saturated heterocycles. The zero-order valence-electron chi connectivity index (χ0n) is 4.79. The van der Waals surface area contributed by atoms with Crippen molar-refractivity contribution >= 4 is 5.97 Å². The minimum atomic E-state index is -1.83. The van der Waals surface area contributed by atoms with Crippen molar-refractivity contribution in [2.75, 3.05) is 0 Å². The van der Waals surface area contributed by atoms with Crippen LogP contribution in [0.2, 0.25) is 0 Å². The highest BCUT2D eigenvalue weighted by atomic mass is 16.6. The van der Waals surface area contributed by atoms with Crippen LogP contribution in [0.3, 0.4) is 0 Å². The normalized spacial score (nSPS) is 21.3. The molecule has 1 atom stereocenters. The lowest BCUT2D eigenvalue weighted by Gasteiger charge is -2.09. The molecule has 0 fully saturated rings. The Morgan fingerprint density at radius 1 is 1.89 bits per heavy atom. The number of aliphatic hydroxyl groups is 1. The van der Waals surface area contributed by atoms with Crippen LogP contribution < -0.4 is 0 Å². The molecule has 0 spiro atoms. The van der Waals surface area contributed by atoms with E-state index in [4.69, 9.17) is 10.2 Å². The Balaban J connectivity index is 2.71. The summed E-state index contributed by atoms with van der Waals surface area (Å²) in [5.74, 6) is -1.19. The summed E-state index contributed by atoms with van der Waals surface area (Å²) in [6.45, 7) is 1.16. The number of rotatable bonds is 2. The van der Waals surface area contributed by atoms with Gasteiger partial charge in [0.05, 0.1) is 0 Å². The van der Waals surface area contributed by atoms with Crippen molar-refractivity contribution in [2.24, 2.45) is 0 Å². The van der Waals surface area contributed by atoms with Crippen LogP contribution >= 0.6 is 0 Å². The van der Waals surface area contributed by atoms with E-state index in [1.54, 1.807) is 0 Å². The van der Waals surface area contributed by atoms with Gasteiger partial charge in [-0.3, -0.25) is 0 Å². The van der Waals surface area contributed by atoms with Gasteiger partial charge >= 0.3 is 5.97 Å². The maximum Gasteiger partial charge on any atom is 0.343 e. The molecule has 1 unspecified atom stereocenters. The van der Waals surface area contributed by atoms with E-state index < -0.39 is 11.6 Å². The quantitative estimate of drug-likeness (QED) is 0.538. The zero-order valence-corrected chi connectivity index (χ0v) is 4.79. The molecular weight excluding hydrogens is 124 g/mol. The van der Waals surface area contributed by atoms with E-state index in [0.29, 0.717) is 0 Å². The maximum absolute atomic E-state index is 10.1. The average Bonchev–Trinajstić information content (AvgIpc) is 2.42. The van der Waals surface area contributed by atoms with Crippen LogP contribution in [0.1, 0.15) is 6.92 Å². The number of hydrogen-bond acceptors (Lipinski definition) is 3. The summed E-state index contributed by atoms with van der Waals surface area (Å²) in [7, 11) is 0. The Morgan fingerprint density at radius 2 is 2.33 bits per heavy atom. The van der Waals surface area contributed by atoms with E-state index >= 15 is 0 Å². The molecule has 1 heterocycles. The van der Waals surface area contributed by atoms with Crippen LogP contribution in [-0.4, -0.2) is 21.8 Å². The van der Waals surface area contributed by atoms with Gasteiger partial charge in [0, 0.05) is 0 Å². The molecule has 1 rings (SSSR count). The highest BCUT2D eigenvalue weighted by Gasteiger charge is 2.41. The molecule has 4 heteroatoms. The lowest BCUT2D eigenvalue weighted by Crippen LogP contribution is -2.34. The number of ether oxygens (including phenoxy) is 1. The van der Waals surface area contributed by atoms with Crippen molar-refractivity contribution in [2.45, 2.75) is 12.5 Å². The Hall–Kier alpha value is -1.03. The van der Waals surface area contributed by atoms with E-state index in [1.807, 2.05) is 0 Å². The molecule has 1 aliphatic rings. The first-order valence-electron chi connectivity index (χ1n) is 2.38. The monoisotopic (exact) mass is 130 g/mol. The molecule has 50 valence electrons. The first-order chi connectivity index (χ1) is 4.05. The van der Waals surface area contributed by atoms with Crippen molar-refractivity contribution in [1.29, 1.82) is 0 Å². The third kappa shape index (κ3) is 0.882. The standard InChI is InChI=1S/C5H6O4/c1-5(8,4(6)7)3-2-9-3/h2,8H,1H3,(H,6,7). The third-order valence-electron chi connectivity index (χ3n) is 1.13. The van der Waals surface area contributed by atoms with Gasteiger partial charge in [0.25, 0.3) is 0 Å². The van der Waals surface area contributed by atoms with E-state index in [1.165, 1.54) is 6.26 Å². The van der Waals surface area contributed by atoms with Gasteiger partial charge < -0.3 is 14.9 Å². The van der Waals surface area contributed by atoms with E-state index in [-0.39, 0.29) is 5.76 Å².